The number of rotatable bonds is 8. The third kappa shape index (κ3) is 5.08. The maximum atomic E-state index is 13.6. The van der Waals surface area contributed by atoms with Gasteiger partial charge in [-0.05, 0) is 79.2 Å². The SMILES string of the molecule is CCCc1c(C)c(S(=O)c2ccccc2)c(C)c(CCC)c1O[Si](C)(C)C(C)(C)C. The van der Waals surface area contributed by atoms with Gasteiger partial charge < -0.3 is 4.43 Å². The Morgan fingerprint density at radius 3 is 1.77 bits per heavy atom. The molecule has 2 nitrogen and oxygen atoms in total. The van der Waals surface area contributed by atoms with E-state index in [1.54, 1.807) is 0 Å². The van der Waals surface area contributed by atoms with E-state index in [0.29, 0.717) is 0 Å². The van der Waals surface area contributed by atoms with E-state index >= 15 is 0 Å². The number of benzene rings is 2. The van der Waals surface area contributed by atoms with E-state index in [1.807, 2.05) is 30.3 Å². The molecule has 0 saturated carbocycles. The minimum atomic E-state index is -2.00. The first-order valence-electron chi connectivity index (χ1n) is 11.3. The second-order valence-electron chi connectivity index (χ2n) is 9.81. The Bertz CT molecular complexity index is 862. The molecule has 0 saturated heterocycles. The quantitative estimate of drug-likeness (QED) is 0.389. The lowest BCUT2D eigenvalue weighted by Crippen LogP contribution is -2.44. The molecule has 1 atom stereocenters. The Balaban J connectivity index is 2.79. The van der Waals surface area contributed by atoms with Crippen LogP contribution in [0.1, 0.15) is 69.7 Å². The normalized spacial score (nSPS) is 13.4. The van der Waals surface area contributed by atoms with E-state index in [-0.39, 0.29) is 5.04 Å². The van der Waals surface area contributed by atoms with Gasteiger partial charge in [0.1, 0.15) is 5.75 Å². The molecule has 0 bridgehead atoms. The van der Waals surface area contributed by atoms with Crippen LogP contribution in [0.25, 0.3) is 0 Å². The van der Waals surface area contributed by atoms with Crippen molar-refractivity contribution in [1.29, 1.82) is 0 Å². The van der Waals surface area contributed by atoms with Gasteiger partial charge in [0.15, 0.2) is 0 Å². The van der Waals surface area contributed by atoms with E-state index in [9.17, 15) is 4.21 Å². The van der Waals surface area contributed by atoms with Crippen LogP contribution in [0.15, 0.2) is 40.1 Å². The van der Waals surface area contributed by atoms with Crippen molar-refractivity contribution in [1.82, 2.24) is 0 Å². The smallest absolute Gasteiger partial charge is 0.250 e. The van der Waals surface area contributed by atoms with Crippen LogP contribution >= 0.6 is 0 Å². The second kappa shape index (κ2) is 9.82. The van der Waals surface area contributed by atoms with Crippen LogP contribution in [-0.4, -0.2) is 12.5 Å². The molecule has 0 fully saturated rings. The molecule has 2 rings (SSSR count). The number of hydrogen-bond donors (Lipinski definition) is 0. The van der Waals surface area contributed by atoms with Gasteiger partial charge in [-0.25, -0.2) is 4.21 Å². The van der Waals surface area contributed by atoms with Crippen LogP contribution in [0.5, 0.6) is 5.75 Å². The van der Waals surface area contributed by atoms with Crippen molar-refractivity contribution in [2.24, 2.45) is 0 Å². The zero-order chi connectivity index (χ0) is 22.7. The van der Waals surface area contributed by atoms with Gasteiger partial charge >= 0.3 is 0 Å². The first-order valence-corrected chi connectivity index (χ1v) is 15.3. The zero-order valence-electron chi connectivity index (χ0n) is 20.4. The van der Waals surface area contributed by atoms with Gasteiger partial charge in [-0.15, -0.1) is 0 Å². The molecule has 0 aliphatic carbocycles. The van der Waals surface area contributed by atoms with Gasteiger partial charge in [0.2, 0.25) is 0 Å². The van der Waals surface area contributed by atoms with Crippen molar-refractivity contribution < 1.29 is 8.63 Å². The minimum Gasteiger partial charge on any atom is -0.543 e. The largest absolute Gasteiger partial charge is 0.543 e. The van der Waals surface area contributed by atoms with Crippen molar-refractivity contribution >= 4 is 19.1 Å². The van der Waals surface area contributed by atoms with Gasteiger partial charge in [-0.2, -0.15) is 0 Å². The van der Waals surface area contributed by atoms with Gasteiger partial charge in [0, 0.05) is 4.90 Å². The van der Waals surface area contributed by atoms with Gasteiger partial charge in [0.05, 0.1) is 15.7 Å². The van der Waals surface area contributed by atoms with Crippen LogP contribution in [0.4, 0.5) is 0 Å². The molecular formula is C26H40O2SSi. The molecule has 0 aliphatic rings. The Hall–Kier alpha value is -1.39. The molecule has 0 aliphatic heterocycles. The van der Waals surface area contributed by atoms with Crippen molar-refractivity contribution in [2.75, 3.05) is 0 Å². The molecule has 0 spiro atoms. The fourth-order valence-electron chi connectivity index (χ4n) is 3.65. The highest BCUT2D eigenvalue weighted by Gasteiger charge is 2.40. The summed E-state index contributed by atoms with van der Waals surface area (Å²) < 4.78 is 20.6. The molecule has 0 amide bonds. The van der Waals surface area contributed by atoms with Crippen molar-refractivity contribution in [3.63, 3.8) is 0 Å². The topological polar surface area (TPSA) is 26.3 Å². The molecule has 0 heterocycles. The van der Waals surface area contributed by atoms with Crippen LogP contribution in [-0.2, 0) is 23.6 Å². The predicted molar refractivity (Wildman–Crippen MR) is 133 cm³/mol. The van der Waals surface area contributed by atoms with Crippen molar-refractivity contribution in [3.8, 4) is 5.75 Å². The van der Waals surface area contributed by atoms with E-state index in [0.717, 1.165) is 52.4 Å². The average Bonchev–Trinajstić information content (AvgIpc) is 2.67. The summed E-state index contributed by atoms with van der Waals surface area (Å²) >= 11 is 0. The standard InChI is InChI=1S/C26H40O2SSi/c1-10-15-22-19(3)25(29(27)21-17-13-12-14-18-21)20(4)23(16-11-2)24(22)28-30(8,9)26(5,6)7/h12-14,17-18H,10-11,15-16H2,1-9H3. The van der Waals surface area contributed by atoms with Gasteiger partial charge in [-0.1, -0.05) is 65.7 Å². The summed E-state index contributed by atoms with van der Waals surface area (Å²) in [4.78, 5) is 1.85. The second-order valence-corrected chi connectivity index (χ2v) is 16.0. The third-order valence-corrected chi connectivity index (χ3v) is 12.5. The lowest BCUT2D eigenvalue weighted by Gasteiger charge is -2.38. The van der Waals surface area contributed by atoms with E-state index in [4.69, 9.17) is 4.43 Å². The molecule has 2 aromatic carbocycles. The Kier molecular flexibility index (Phi) is 8.14. The van der Waals surface area contributed by atoms with Crippen molar-refractivity contribution in [3.05, 3.63) is 52.6 Å². The van der Waals surface area contributed by atoms with Crippen LogP contribution in [0.2, 0.25) is 18.1 Å². The highest BCUT2D eigenvalue weighted by atomic mass is 32.2. The summed E-state index contributed by atoms with van der Waals surface area (Å²) in [5.74, 6) is 1.09. The molecule has 1 unspecified atom stereocenters. The molecule has 0 aromatic heterocycles. The summed E-state index contributed by atoms with van der Waals surface area (Å²) in [6.07, 6.45) is 3.99. The summed E-state index contributed by atoms with van der Waals surface area (Å²) in [7, 11) is -3.19. The van der Waals surface area contributed by atoms with Gasteiger partial charge in [0.25, 0.3) is 8.32 Å². The lowest BCUT2D eigenvalue weighted by atomic mass is 9.93. The Labute approximate surface area is 188 Å². The first kappa shape index (κ1) is 24.9. The molecule has 4 heteroatoms. The highest BCUT2D eigenvalue weighted by molar-refractivity contribution is 7.85. The fraction of sp³-hybridized carbons (Fsp3) is 0.538. The molecule has 0 N–H and O–H groups in total. The lowest BCUT2D eigenvalue weighted by molar-refractivity contribution is 0.479. The maximum absolute atomic E-state index is 13.6. The monoisotopic (exact) mass is 444 g/mol. The van der Waals surface area contributed by atoms with Crippen LogP contribution in [0.3, 0.4) is 0 Å². The summed E-state index contributed by atoms with van der Waals surface area (Å²) in [6, 6.07) is 9.84. The molecular weight excluding hydrogens is 404 g/mol. The summed E-state index contributed by atoms with van der Waals surface area (Å²) in [5.41, 5.74) is 4.81. The minimum absolute atomic E-state index is 0.132. The Morgan fingerprint density at radius 1 is 0.900 bits per heavy atom. The molecule has 0 radical (unpaired) electrons. The van der Waals surface area contributed by atoms with Gasteiger partial charge in [-0.3, -0.25) is 0 Å². The summed E-state index contributed by atoms with van der Waals surface area (Å²) in [5, 5.41) is 0.132. The van der Waals surface area contributed by atoms with E-state index in [2.05, 4.69) is 61.6 Å². The van der Waals surface area contributed by atoms with E-state index in [1.165, 1.54) is 11.1 Å². The summed E-state index contributed by atoms with van der Waals surface area (Å²) in [6.45, 7) is 20.2. The first-order chi connectivity index (χ1) is 14.0. The third-order valence-electron chi connectivity index (χ3n) is 6.44. The van der Waals surface area contributed by atoms with Crippen molar-refractivity contribution in [2.45, 2.75) is 102 Å². The number of hydrogen-bond acceptors (Lipinski definition) is 2. The molecule has 30 heavy (non-hydrogen) atoms. The molecule has 166 valence electrons. The average molecular weight is 445 g/mol. The van der Waals surface area contributed by atoms with Crippen LogP contribution < -0.4 is 4.43 Å². The van der Waals surface area contributed by atoms with Crippen LogP contribution in [0, 0.1) is 13.8 Å². The maximum Gasteiger partial charge on any atom is 0.250 e. The zero-order valence-corrected chi connectivity index (χ0v) is 22.3. The molecule has 2 aromatic rings. The fourth-order valence-corrected chi connectivity index (χ4v) is 6.16. The highest BCUT2D eigenvalue weighted by Crippen LogP contribution is 2.43. The predicted octanol–water partition coefficient (Wildman–Crippen LogP) is 7.76. The Morgan fingerprint density at radius 2 is 1.37 bits per heavy atom. The van der Waals surface area contributed by atoms with E-state index < -0.39 is 19.1 Å².